The van der Waals surface area contributed by atoms with Crippen molar-refractivity contribution < 1.29 is 41.9 Å². The van der Waals surface area contributed by atoms with Crippen LogP contribution in [0.5, 0.6) is 0 Å². The van der Waals surface area contributed by atoms with Gasteiger partial charge in [-0.05, 0) is 16.4 Å². The molecule has 0 amide bonds. The van der Waals surface area contributed by atoms with Crippen LogP contribution in [0.3, 0.4) is 0 Å². The Hall–Kier alpha value is -2.78. The van der Waals surface area contributed by atoms with Crippen molar-refractivity contribution in [3.8, 4) is 0 Å². The van der Waals surface area contributed by atoms with Crippen LogP contribution >= 0.6 is 26.0 Å². The maximum Gasteiger partial charge on any atom is 0.582 e. The van der Waals surface area contributed by atoms with Crippen LogP contribution in [0.2, 0.25) is 0 Å². The molecule has 2 unspecified atom stereocenters. The Kier molecular flexibility index (Phi) is 8.41. The molecule has 7 N–H and O–H groups in total. The summed E-state index contributed by atoms with van der Waals surface area (Å²) in [5.41, 5.74) is 9.22. The first-order valence-electron chi connectivity index (χ1n) is 12.6. The van der Waals surface area contributed by atoms with Crippen LogP contribution in [0, 0.1) is 0 Å². The number of nitrogens with zero attached hydrogens (tertiary/aromatic N) is 7. The van der Waals surface area contributed by atoms with Gasteiger partial charge >= 0.3 is 7.23 Å². The molecule has 6 heterocycles. The lowest BCUT2D eigenvalue weighted by Gasteiger charge is -2.29. The van der Waals surface area contributed by atoms with E-state index in [0.717, 1.165) is 17.2 Å². The first-order chi connectivity index (χ1) is 20.9. The van der Waals surface area contributed by atoms with Gasteiger partial charge in [0.25, 0.3) is 5.56 Å². The topological polar surface area (TPSA) is 254 Å². The van der Waals surface area contributed by atoms with E-state index in [1.807, 2.05) is 0 Å². The van der Waals surface area contributed by atoms with Gasteiger partial charge in [0.2, 0.25) is 5.95 Å². The van der Waals surface area contributed by atoms with Crippen LogP contribution in [-0.2, 0) is 34.9 Å². The number of H-pyrrole nitrogens is 1. The first kappa shape index (κ1) is 31.2. The van der Waals surface area contributed by atoms with Gasteiger partial charge in [-0.3, -0.25) is 18.9 Å². The van der Waals surface area contributed by atoms with Crippen molar-refractivity contribution >= 4 is 71.9 Å². The Morgan fingerprint density at radius 3 is 2.48 bits per heavy atom. The number of ether oxygens (including phenoxy) is 2. The number of nitrogens with one attached hydrogen (secondary N) is 1. The first-order valence-corrected chi connectivity index (χ1v) is 17.6. The minimum absolute atomic E-state index is 0.0395. The molecule has 44 heavy (non-hydrogen) atoms. The number of thiol groups is 1. The van der Waals surface area contributed by atoms with Crippen LogP contribution < -0.4 is 17.0 Å². The smallest absolute Gasteiger partial charge is 0.394 e. The van der Waals surface area contributed by atoms with E-state index in [2.05, 4.69) is 42.2 Å². The number of aliphatic hydroxyl groups is 1. The molecule has 2 aliphatic rings. The molecular weight excluding hydrogens is 672 g/mol. The predicted octanol–water partition coefficient (Wildman–Crippen LogP) is 0.247. The summed E-state index contributed by atoms with van der Waals surface area (Å²) in [6.07, 6.45) is -7.81. The minimum Gasteiger partial charge on any atom is -0.394 e. The highest BCUT2D eigenvalue weighted by Gasteiger charge is 2.56. The van der Waals surface area contributed by atoms with Crippen molar-refractivity contribution in [1.29, 1.82) is 0 Å². The molecule has 2 saturated heterocycles. The van der Waals surface area contributed by atoms with Crippen molar-refractivity contribution in [3.05, 3.63) is 29.3 Å². The molecule has 0 bridgehead atoms. The van der Waals surface area contributed by atoms with Crippen LogP contribution in [0.1, 0.15) is 12.5 Å². The Morgan fingerprint density at radius 2 is 1.77 bits per heavy atom. The molecule has 2 aliphatic heterocycles. The van der Waals surface area contributed by atoms with Gasteiger partial charge in [-0.1, -0.05) is 0 Å². The predicted molar refractivity (Wildman–Crippen MR) is 155 cm³/mol. The number of halogens is 2. The highest BCUT2D eigenvalue weighted by atomic mass is 32.7. The molecule has 0 radical (unpaired) electrons. The number of nitrogen functional groups attached to an aromatic ring is 2. The number of alkyl halides is 2. The van der Waals surface area contributed by atoms with Crippen molar-refractivity contribution in [3.63, 3.8) is 0 Å². The second kappa shape index (κ2) is 11.9. The number of fused-ring (bicyclic) bond motifs is 2. The number of hydrogen-bond acceptors (Lipinski definition) is 15. The maximum absolute atomic E-state index is 15.8. The van der Waals surface area contributed by atoms with Crippen molar-refractivity contribution in [1.82, 2.24) is 39.0 Å². The number of aromatic amines is 1. The van der Waals surface area contributed by atoms with Gasteiger partial charge in [0.05, 0.1) is 25.9 Å². The summed E-state index contributed by atoms with van der Waals surface area (Å²) in [4.78, 5) is 45.9. The normalized spacial score (nSPS) is 30.7. The third-order valence-electron chi connectivity index (χ3n) is 7.13. The molecule has 0 saturated carbocycles. The summed E-state index contributed by atoms with van der Waals surface area (Å²) in [5, 5.41) is 9.74. The average Bonchev–Trinajstić information content (AvgIpc) is 3.72. The summed E-state index contributed by atoms with van der Waals surface area (Å²) in [6.45, 7) is -5.73. The van der Waals surface area contributed by atoms with Gasteiger partial charge in [-0.15, -0.1) is 4.52 Å². The molecule has 0 spiro atoms. The van der Waals surface area contributed by atoms with Gasteiger partial charge in [0.1, 0.15) is 48.1 Å². The monoisotopic (exact) mass is 695 g/mol. The van der Waals surface area contributed by atoms with E-state index in [9.17, 15) is 19.4 Å². The lowest BCUT2D eigenvalue weighted by molar-refractivity contribution is -0.0398. The Balaban J connectivity index is 1.29. The summed E-state index contributed by atoms with van der Waals surface area (Å²) < 4.78 is 68.0. The van der Waals surface area contributed by atoms with Crippen LogP contribution in [0.25, 0.3) is 22.3 Å². The Labute approximate surface area is 255 Å². The number of nitrogens with two attached hydrogens (primary N) is 2. The van der Waals surface area contributed by atoms with Crippen molar-refractivity contribution in [2.24, 2.45) is 0 Å². The van der Waals surface area contributed by atoms with Crippen molar-refractivity contribution in [2.75, 3.05) is 24.7 Å². The van der Waals surface area contributed by atoms with Gasteiger partial charge in [-0.2, -0.15) is 4.98 Å². The molecule has 10 atom stereocenters. The molecule has 6 rings (SSSR count). The molecule has 0 aliphatic carbocycles. The fourth-order valence-electron chi connectivity index (χ4n) is 5.16. The van der Waals surface area contributed by atoms with E-state index < -0.39 is 81.3 Å². The Morgan fingerprint density at radius 1 is 1.09 bits per heavy atom. The fourth-order valence-corrected chi connectivity index (χ4v) is 8.41. The van der Waals surface area contributed by atoms with Crippen molar-refractivity contribution in [2.45, 2.75) is 48.8 Å². The average molecular weight is 696 g/mol. The van der Waals surface area contributed by atoms with E-state index in [1.54, 1.807) is 0 Å². The summed E-state index contributed by atoms with van der Waals surface area (Å²) in [7, 11) is -2.64. The number of rotatable bonds is 9. The van der Waals surface area contributed by atoms with E-state index in [1.165, 1.54) is 10.9 Å². The van der Waals surface area contributed by atoms with Gasteiger partial charge in [0, 0.05) is 0 Å². The summed E-state index contributed by atoms with van der Waals surface area (Å²) >= 11 is 9.09. The zero-order chi connectivity index (χ0) is 31.5. The van der Waals surface area contributed by atoms with Gasteiger partial charge in [-0.25, -0.2) is 28.7 Å². The second-order valence-electron chi connectivity index (χ2n) is 9.72. The number of imidazole rings is 2. The van der Waals surface area contributed by atoms with Crippen LogP contribution in [0.15, 0.2) is 23.8 Å². The maximum atomic E-state index is 15.8. The third kappa shape index (κ3) is 5.38. The molecular formula is C20H23F2N10O8P2S2+. The number of aliphatic hydroxyl groups excluding tert-OH is 1. The summed E-state index contributed by atoms with van der Waals surface area (Å²) in [6, 6.07) is 0. The molecule has 0 aromatic carbocycles. The lowest BCUT2D eigenvalue weighted by Crippen LogP contribution is -2.34. The van der Waals surface area contributed by atoms with Crippen LogP contribution in [-0.4, -0.2) is 98.6 Å². The largest absolute Gasteiger partial charge is 0.582 e. The van der Waals surface area contributed by atoms with Gasteiger partial charge < -0.3 is 35.5 Å². The molecule has 236 valence electrons. The van der Waals surface area contributed by atoms with E-state index in [0.29, 0.717) is 0 Å². The molecule has 24 heteroatoms. The third-order valence-corrected chi connectivity index (χ3v) is 10.7. The number of aromatic nitrogens is 8. The van der Waals surface area contributed by atoms with Crippen LogP contribution in [0.4, 0.5) is 20.5 Å². The molecule has 4 aromatic rings. The number of anilines is 2. The highest BCUT2D eigenvalue weighted by Crippen LogP contribution is 2.59. The highest BCUT2D eigenvalue weighted by molar-refractivity contribution is 8.39. The van der Waals surface area contributed by atoms with Gasteiger partial charge in [0.15, 0.2) is 53.9 Å². The minimum atomic E-state index is -4.28. The standard InChI is InChI=1S/C20H22F2N10O8P2S2/c21-8-6(1-33)38-19(32-5-28-11-16(32)29-20(24)30-17(11)34)13(8)42(36,44)37-2-7-12(40-41(35)43)9(22)18(39-7)31-4-27-10-14(23)25-3-26-15(10)31/h3-9,12-13,18-19,33H,1-2H2,(H6-,23,24,25,26,29,30,34,35,36,43,44)/p+1/t6-,7-,8-,9+,12-,13-,18-,19-,42?/m1/s1. The van der Waals surface area contributed by atoms with E-state index in [4.69, 9.17) is 41.8 Å². The molecule has 18 nitrogen and oxygen atoms in total. The second-order valence-corrected chi connectivity index (χ2v) is 14.9. The number of hydrogen-bond donors (Lipinski definition) is 6. The fraction of sp³-hybridized carbons (Fsp3) is 0.500. The lowest BCUT2D eigenvalue weighted by atomic mass is 10.1. The van der Waals surface area contributed by atoms with E-state index >= 15 is 8.78 Å². The van der Waals surface area contributed by atoms with E-state index in [-0.39, 0.29) is 34.1 Å². The zero-order valence-electron chi connectivity index (χ0n) is 21.9. The zero-order valence-corrected chi connectivity index (χ0v) is 25.4. The molecule has 4 aromatic heterocycles. The summed E-state index contributed by atoms with van der Waals surface area (Å²) in [5.74, 6) is -0.228. The molecule has 2 fully saturated rings. The quantitative estimate of drug-likeness (QED) is 0.101. The SMILES string of the molecule is Nc1nc2c(ncn2[C@@H]2O[C@H](CO)[C@@H](F)[C@H]2P(O)(=S)OC[C@H]2O[C@@H](n3cnc4c(N)ncnc43)[C@@H](F)[C@@H]2O[P+](=O)S)c(=O)[nH]1. The Bertz CT molecular complexity index is 1850.